The maximum atomic E-state index is 6.55. The Morgan fingerprint density at radius 3 is 2.39 bits per heavy atom. The second kappa shape index (κ2) is 9.19. The lowest BCUT2D eigenvalue weighted by atomic mass is 9.90. The Hall–Kier alpha value is -0.390. The molecule has 0 aliphatic carbocycles. The van der Waals surface area contributed by atoms with E-state index in [2.05, 4.69) is 30.1 Å². The highest BCUT2D eigenvalue weighted by Crippen LogP contribution is 2.42. The monoisotopic (exact) mass is 382 g/mol. The molecule has 2 atom stereocenters. The second-order valence-corrected chi connectivity index (χ2v) is 6.25. The molecule has 7 heteroatoms. The van der Waals surface area contributed by atoms with Crippen LogP contribution in [0.2, 0.25) is 5.02 Å². The molecule has 1 unspecified atom stereocenters. The van der Waals surface area contributed by atoms with E-state index in [9.17, 15) is 0 Å². The molecule has 2 heterocycles. The number of fused-ring (bicyclic) bond motifs is 1. The SMILES string of the molecule is CCC(C)[C@@H](c1cc2c(cc1Cl)OCO2)N1CCNCC1.Cl.Cl. The minimum atomic E-state index is 0. The van der Waals surface area contributed by atoms with Gasteiger partial charge in [-0.3, -0.25) is 4.90 Å². The van der Waals surface area contributed by atoms with Gasteiger partial charge >= 0.3 is 0 Å². The van der Waals surface area contributed by atoms with Gasteiger partial charge in [0, 0.05) is 43.3 Å². The molecule has 1 N–H and O–H groups in total. The molecule has 1 aromatic carbocycles. The summed E-state index contributed by atoms with van der Waals surface area (Å²) in [7, 11) is 0. The number of rotatable bonds is 4. The van der Waals surface area contributed by atoms with Crippen molar-refractivity contribution in [3.8, 4) is 11.5 Å². The predicted octanol–water partition coefficient (Wildman–Crippen LogP) is 3.90. The van der Waals surface area contributed by atoms with E-state index >= 15 is 0 Å². The number of benzene rings is 1. The van der Waals surface area contributed by atoms with Crippen LogP contribution in [-0.4, -0.2) is 37.9 Å². The van der Waals surface area contributed by atoms with Gasteiger partial charge in [-0.2, -0.15) is 0 Å². The number of ether oxygens (including phenoxy) is 2. The molecule has 0 radical (unpaired) electrons. The largest absolute Gasteiger partial charge is 0.454 e. The number of hydrogen-bond donors (Lipinski definition) is 1. The molecule has 0 spiro atoms. The van der Waals surface area contributed by atoms with Crippen molar-refractivity contribution in [2.75, 3.05) is 33.0 Å². The molecule has 0 saturated carbocycles. The van der Waals surface area contributed by atoms with Crippen LogP contribution in [-0.2, 0) is 0 Å². The highest BCUT2D eigenvalue weighted by atomic mass is 35.5. The summed E-state index contributed by atoms with van der Waals surface area (Å²) >= 11 is 6.55. The molecule has 1 aromatic rings. The summed E-state index contributed by atoms with van der Waals surface area (Å²) in [6.45, 7) is 9.01. The zero-order valence-electron chi connectivity index (χ0n) is 13.5. The Kier molecular flexibility index (Phi) is 8.25. The molecule has 1 fully saturated rings. The standard InChI is InChI=1S/C16H23ClN2O2.2ClH/c1-3-11(2)16(19-6-4-18-5-7-19)12-8-14-15(9-13(12)17)21-10-20-14;;/h8-9,11,16,18H,3-7,10H2,1-2H3;2*1H/t11?,16-;;/m0../s1. The number of nitrogens with one attached hydrogen (secondary N) is 1. The van der Waals surface area contributed by atoms with Crippen molar-refractivity contribution in [2.45, 2.75) is 26.3 Å². The second-order valence-electron chi connectivity index (χ2n) is 5.84. The summed E-state index contributed by atoms with van der Waals surface area (Å²) in [5.74, 6) is 2.12. The van der Waals surface area contributed by atoms with E-state index in [1.807, 2.05) is 6.07 Å². The van der Waals surface area contributed by atoms with Gasteiger partial charge in [0.2, 0.25) is 6.79 Å². The van der Waals surface area contributed by atoms with Crippen LogP contribution in [0.1, 0.15) is 31.9 Å². The average Bonchev–Trinajstić information content (AvgIpc) is 2.95. The first-order chi connectivity index (χ1) is 10.2. The molecule has 132 valence electrons. The lowest BCUT2D eigenvalue weighted by Gasteiger charge is -2.38. The van der Waals surface area contributed by atoms with Gasteiger partial charge in [-0.1, -0.05) is 31.9 Å². The molecule has 4 nitrogen and oxygen atoms in total. The molecule has 2 aliphatic rings. The van der Waals surface area contributed by atoms with Crippen LogP contribution >= 0.6 is 36.4 Å². The van der Waals surface area contributed by atoms with Crippen molar-refractivity contribution in [2.24, 2.45) is 5.92 Å². The number of hydrogen-bond acceptors (Lipinski definition) is 4. The van der Waals surface area contributed by atoms with Gasteiger partial charge in [0.1, 0.15) is 0 Å². The maximum absolute atomic E-state index is 6.55. The fourth-order valence-corrected chi connectivity index (χ4v) is 3.47. The molecule has 2 aliphatic heterocycles. The Morgan fingerprint density at radius 2 is 1.78 bits per heavy atom. The predicted molar refractivity (Wildman–Crippen MR) is 98.7 cm³/mol. The van der Waals surface area contributed by atoms with Gasteiger partial charge in [-0.25, -0.2) is 0 Å². The van der Waals surface area contributed by atoms with Crippen LogP contribution in [0, 0.1) is 5.92 Å². The van der Waals surface area contributed by atoms with Gasteiger partial charge in [0.25, 0.3) is 0 Å². The Labute approximate surface area is 155 Å². The minimum Gasteiger partial charge on any atom is -0.454 e. The van der Waals surface area contributed by atoms with Gasteiger partial charge in [0.05, 0.1) is 0 Å². The number of nitrogens with zero attached hydrogens (tertiary/aromatic N) is 1. The summed E-state index contributed by atoms with van der Waals surface area (Å²) in [5, 5.41) is 4.20. The normalized spacial score (nSPS) is 19.4. The van der Waals surface area contributed by atoms with Crippen molar-refractivity contribution >= 4 is 36.4 Å². The fraction of sp³-hybridized carbons (Fsp3) is 0.625. The van der Waals surface area contributed by atoms with E-state index in [4.69, 9.17) is 21.1 Å². The number of halogens is 3. The molecule has 23 heavy (non-hydrogen) atoms. The molecule has 3 rings (SSSR count). The molecule has 1 saturated heterocycles. The minimum absolute atomic E-state index is 0. The molecule has 0 bridgehead atoms. The quantitative estimate of drug-likeness (QED) is 0.855. The van der Waals surface area contributed by atoms with Crippen LogP contribution in [0.25, 0.3) is 0 Å². The summed E-state index contributed by atoms with van der Waals surface area (Å²) in [4.78, 5) is 2.54. The third-order valence-corrected chi connectivity index (χ3v) is 4.87. The molecule has 0 amide bonds. The van der Waals surface area contributed by atoms with Crippen LogP contribution in [0.5, 0.6) is 11.5 Å². The van der Waals surface area contributed by atoms with Gasteiger partial charge < -0.3 is 14.8 Å². The maximum Gasteiger partial charge on any atom is 0.231 e. The Balaban J connectivity index is 0.00000132. The summed E-state index contributed by atoms with van der Waals surface area (Å²) in [6, 6.07) is 4.31. The van der Waals surface area contributed by atoms with E-state index in [1.54, 1.807) is 0 Å². The first-order valence-corrected chi connectivity index (χ1v) is 8.12. The van der Waals surface area contributed by atoms with Gasteiger partial charge in [0.15, 0.2) is 11.5 Å². The van der Waals surface area contributed by atoms with E-state index in [1.165, 1.54) is 0 Å². The van der Waals surface area contributed by atoms with E-state index in [0.717, 1.165) is 54.7 Å². The fourth-order valence-electron chi connectivity index (χ4n) is 3.21. The Bertz CT molecular complexity index is 510. The van der Waals surface area contributed by atoms with Crippen LogP contribution in [0.4, 0.5) is 0 Å². The molecular weight excluding hydrogens is 359 g/mol. The lowest BCUT2D eigenvalue weighted by Crippen LogP contribution is -2.46. The topological polar surface area (TPSA) is 33.7 Å². The highest BCUT2D eigenvalue weighted by molar-refractivity contribution is 6.31. The highest BCUT2D eigenvalue weighted by Gasteiger charge is 2.30. The summed E-state index contributed by atoms with van der Waals surface area (Å²) in [5.41, 5.74) is 1.16. The van der Waals surface area contributed by atoms with Crippen molar-refractivity contribution in [3.05, 3.63) is 22.7 Å². The van der Waals surface area contributed by atoms with E-state index in [-0.39, 0.29) is 31.6 Å². The zero-order chi connectivity index (χ0) is 14.8. The zero-order valence-corrected chi connectivity index (χ0v) is 15.9. The third kappa shape index (κ3) is 4.37. The lowest BCUT2D eigenvalue weighted by molar-refractivity contribution is 0.128. The van der Waals surface area contributed by atoms with Gasteiger partial charge in [-0.05, 0) is 17.5 Å². The smallest absolute Gasteiger partial charge is 0.231 e. The van der Waals surface area contributed by atoms with Crippen molar-refractivity contribution in [3.63, 3.8) is 0 Å². The van der Waals surface area contributed by atoms with Gasteiger partial charge in [-0.15, -0.1) is 24.8 Å². The number of piperazine rings is 1. The van der Waals surface area contributed by atoms with Crippen LogP contribution < -0.4 is 14.8 Å². The van der Waals surface area contributed by atoms with Crippen LogP contribution in [0.15, 0.2) is 12.1 Å². The molecule has 0 aromatic heterocycles. The van der Waals surface area contributed by atoms with Crippen molar-refractivity contribution < 1.29 is 9.47 Å². The Morgan fingerprint density at radius 1 is 1.17 bits per heavy atom. The third-order valence-electron chi connectivity index (χ3n) is 4.54. The summed E-state index contributed by atoms with van der Waals surface area (Å²) < 4.78 is 10.9. The summed E-state index contributed by atoms with van der Waals surface area (Å²) in [6.07, 6.45) is 1.12. The van der Waals surface area contributed by atoms with Crippen molar-refractivity contribution in [1.29, 1.82) is 0 Å². The average molecular weight is 384 g/mol. The van der Waals surface area contributed by atoms with E-state index < -0.39 is 0 Å². The van der Waals surface area contributed by atoms with E-state index in [0.29, 0.717) is 12.0 Å². The molecular formula is C16H25Cl3N2O2. The van der Waals surface area contributed by atoms with Crippen molar-refractivity contribution in [1.82, 2.24) is 10.2 Å². The first kappa shape index (κ1) is 20.7. The van der Waals surface area contributed by atoms with Crippen LogP contribution in [0.3, 0.4) is 0 Å². The first-order valence-electron chi connectivity index (χ1n) is 7.74.